The van der Waals surface area contributed by atoms with E-state index < -0.39 is 11.9 Å². The van der Waals surface area contributed by atoms with Gasteiger partial charge in [-0.3, -0.25) is 4.79 Å². The minimum absolute atomic E-state index is 0.236. The highest BCUT2D eigenvalue weighted by molar-refractivity contribution is 5.83. The zero-order valence-electron chi connectivity index (χ0n) is 6.33. The van der Waals surface area contributed by atoms with Crippen LogP contribution < -0.4 is 0 Å². The molecule has 0 aliphatic rings. The van der Waals surface area contributed by atoms with Gasteiger partial charge in [0.1, 0.15) is 0 Å². The summed E-state index contributed by atoms with van der Waals surface area (Å²) >= 11 is 0. The maximum Gasteiger partial charge on any atom is 0.370 e. The lowest BCUT2D eigenvalue weighted by molar-refractivity contribution is -0.136. The van der Waals surface area contributed by atoms with Gasteiger partial charge in [-0.15, -0.1) is 0 Å². The third kappa shape index (κ3) is 17.7. The van der Waals surface area contributed by atoms with Crippen LogP contribution in [-0.2, 0) is 14.3 Å². The Hall–Kier alpha value is -1.52. The topological polar surface area (TPSA) is 83.8 Å². The summed E-state index contributed by atoms with van der Waals surface area (Å²) in [6.07, 6.45) is 0. The second-order valence-corrected chi connectivity index (χ2v) is 1.45. The average Bonchev–Trinajstić information content (AvgIpc) is 1.85. The average molecular weight is 162 g/mol. The van der Waals surface area contributed by atoms with E-state index in [0.717, 1.165) is 6.92 Å². The van der Waals surface area contributed by atoms with E-state index in [-0.39, 0.29) is 5.76 Å². The van der Waals surface area contributed by atoms with Crippen LogP contribution in [0.4, 0.5) is 0 Å². The van der Waals surface area contributed by atoms with E-state index in [1.807, 2.05) is 0 Å². The molecule has 0 saturated heterocycles. The number of carbonyl (C=O) groups is 2. The number of rotatable bonds is 2. The normalized spacial score (nSPS) is 7.09. The second-order valence-electron chi connectivity index (χ2n) is 1.45. The number of carboxylic acid groups (broad SMARTS) is 2. The predicted molar refractivity (Wildman–Crippen MR) is 37.1 cm³/mol. The van der Waals surface area contributed by atoms with Crippen molar-refractivity contribution in [2.24, 2.45) is 0 Å². The lowest BCUT2D eigenvalue weighted by Crippen LogP contribution is -1.99. The first-order valence-electron chi connectivity index (χ1n) is 2.57. The third-order valence-corrected chi connectivity index (χ3v) is 0.485. The van der Waals surface area contributed by atoms with Gasteiger partial charge in [0.25, 0.3) is 5.97 Å². The Morgan fingerprint density at radius 1 is 1.36 bits per heavy atom. The van der Waals surface area contributed by atoms with E-state index >= 15 is 0 Å². The standard InChI is InChI=1S/C4H6O3.C2H4O2/c1-3(7-2)4(5)6;1-2(3)4/h1H2,2H3,(H,5,6);1H3,(H,3,4). The summed E-state index contributed by atoms with van der Waals surface area (Å²) in [5, 5.41) is 15.4. The van der Waals surface area contributed by atoms with Gasteiger partial charge in [0.05, 0.1) is 7.11 Å². The molecule has 0 unspecified atom stereocenters. The summed E-state index contributed by atoms with van der Waals surface area (Å²) < 4.78 is 4.22. The molecule has 2 N–H and O–H groups in total. The molecule has 0 saturated carbocycles. The van der Waals surface area contributed by atoms with Crippen molar-refractivity contribution in [2.75, 3.05) is 7.11 Å². The van der Waals surface area contributed by atoms with E-state index in [2.05, 4.69) is 11.3 Å². The molecule has 0 aromatic carbocycles. The van der Waals surface area contributed by atoms with Crippen molar-refractivity contribution in [3.8, 4) is 0 Å². The van der Waals surface area contributed by atoms with E-state index in [9.17, 15) is 4.79 Å². The Bertz CT molecular complexity index is 156. The highest BCUT2D eigenvalue weighted by Crippen LogP contribution is 1.86. The fraction of sp³-hybridized carbons (Fsp3) is 0.333. The molecule has 0 aliphatic carbocycles. The van der Waals surface area contributed by atoms with Crippen LogP contribution in [0, 0.1) is 0 Å². The molecule has 0 fully saturated rings. The van der Waals surface area contributed by atoms with Gasteiger partial charge >= 0.3 is 5.97 Å². The fourth-order valence-electron chi connectivity index (χ4n) is 0.0873. The Morgan fingerprint density at radius 3 is 1.64 bits per heavy atom. The van der Waals surface area contributed by atoms with Gasteiger partial charge in [0, 0.05) is 6.92 Å². The predicted octanol–water partition coefficient (Wildman–Crippen LogP) is 0.322. The fourth-order valence-corrected chi connectivity index (χ4v) is 0.0873. The molecule has 0 aromatic heterocycles. The number of carboxylic acids is 2. The zero-order valence-corrected chi connectivity index (χ0v) is 6.33. The van der Waals surface area contributed by atoms with Crippen molar-refractivity contribution in [3.63, 3.8) is 0 Å². The summed E-state index contributed by atoms with van der Waals surface area (Å²) in [5.74, 6) is -2.19. The maximum atomic E-state index is 9.71. The first-order chi connectivity index (χ1) is 4.91. The van der Waals surface area contributed by atoms with Crippen molar-refractivity contribution in [2.45, 2.75) is 6.92 Å². The van der Waals surface area contributed by atoms with Crippen LogP contribution in [0.5, 0.6) is 0 Å². The number of ether oxygens (including phenoxy) is 1. The summed E-state index contributed by atoms with van der Waals surface area (Å²) in [5.41, 5.74) is 0. The Balaban J connectivity index is 0. The van der Waals surface area contributed by atoms with Crippen LogP contribution >= 0.6 is 0 Å². The molecule has 5 heteroatoms. The zero-order chi connectivity index (χ0) is 9.44. The van der Waals surface area contributed by atoms with E-state index in [1.54, 1.807) is 0 Å². The molecule has 0 atom stereocenters. The van der Waals surface area contributed by atoms with Crippen LogP contribution in [-0.4, -0.2) is 29.3 Å². The van der Waals surface area contributed by atoms with Gasteiger partial charge in [-0.2, -0.15) is 0 Å². The van der Waals surface area contributed by atoms with Gasteiger partial charge in [-0.25, -0.2) is 4.79 Å². The number of aliphatic carboxylic acids is 2. The van der Waals surface area contributed by atoms with E-state index in [4.69, 9.17) is 15.0 Å². The molecule has 0 amide bonds. The van der Waals surface area contributed by atoms with Crippen LogP contribution in [0.25, 0.3) is 0 Å². The summed E-state index contributed by atoms with van der Waals surface area (Å²) in [6.45, 7) is 4.13. The lowest BCUT2D eigenvalue weighted by Gasteiger charge is -1.92. The highest BCUT2D eigenvalue weighted by atomic mass is 16.5. The Kier molecular flexibility index (Phi) is 7.31. The smallest absolute Gasteiger partial charge is 0.370 e. The van der Waals surface area contributed by atoms with Crippen LogP contribution in [0.3, 0.4) is 0 Å². The lowest BCUT2D eigenvalue weighted by atomic mass is 10.6. The largest absolute Gasteiger partial charge is 0.490 e. The molecular weight excluding hydrogens is 152 g/mol. The molecule has 0 bridgehead atoms. The minimum atomic E-state index is -1.12. The first kappa shape index (κ1) is 12.2. The minimum Gasteiger partial charge on any atom is -0.490 e. The number of methoxy groups -OCH3 is 1. The molecule has 0 heterocycles. The van der Waals surface area contributed by atoms with Crippen molar-refractivity contribution in [1.82, 2.24) is 0 Å². The summed E-state index contributed by atoms with van der Waals surface area (Å²) in [7, 11) is 1.26. The van der Waals surface area contributed by atoms with Crippen LogP contribution in [0.2, 0.25) is 0 Å². The van der Waals surface area contributed by atoms with Crippen LogP contribution in [0.1, 0.15) is 6.92 Å². The second kappa shape index (κ2) is 6.60. The van der Waals surface area contributed by atoms with Gasteiger partial charge in [-0.1, -0.05) is 0 Å². The Morgan fingerprint density at radius 2 is 1.64 bits per heavy atom. The summed E-state index contributed by atoms with van der Waals surface area (Å²) in [4.78, 5) is 18.7. The monoisotopic (exact) mass is 162 g/mol. The maximum absolute atomic E-state index is 9.71. The van der Waals surface area contributed by atoms with Crippen molar-refractivity contribution < 1.29 is 24.5 Å². The Labute approximate surface area is 63.9 Å². The first-order valence-corrected chi connectivity index (χ1v) is 2.57. The SMILES string of the molecule is C=C(OC)C(=O)O.CC(=O)O. The third-order valence-electron chi connectivity index (χ3n) is 0.485. The molecule has 0 aromatic rings. The van der Waals surface area contributed by atoms with E-state index in [0.29, 0.717) is 0 Å². The molecule has 0 radical (unpaired) electrons. The van der Waals surface area contributed by atoms with Crippen molar-refractivity contribution >= 4 is 11.9 Å². The van der Waals surface area contributed by atoms with Gasteiger partial charge in [0.2, 0.25) is 0 Å². The molecule has 64 valence electrons. The molecule has 11 heavy (non-hydrogen) atoms. The van der Waals surface area contributed by atoms with Gasteiger partial charge < -0.3 is 14.9 Å². The van der Waals surface area contributed by atoms with Gasteiger partial charge in [-0.05, 0) is 6.58 Å². The summed E-state index contributed by atoms with van der Waals surface area (Å²) in [6, 6.07) is 0. The van der Waals surface area contributed by atoms with E-state index in [1.165, 1.54) is 7.11 Å². The number of hydrogen-bond acceptors (Lipinski definition) is 3. The molecule has 5 nitrogen and oxygen atoms in total. The van der Waals surface area contributed by atoms with Gasteiger partial charge in [0.15, 0.2) is 5.76 Å². The molecule has 0 rings (SSSR count). The molecule has 0 aliphatic heterocycles. The van der Waals surface area contributed by atoms with Crippen molar-refractivity contribution in [1.29, 1.82) is 0 Å². The van der Waals surface area contributed by atoms with Crippen LogP contribution in [0.15, 0.2) is 12.3 Å². The number of hydrogen-bond donors (Lipinski definition) is 2. The highest BCUT2D eigenvalue weighted by Gasteiger charge is 1.98. The molecular formula is C6H10O5. The quantitative estimate of drug-likeness (QED) is 0.451. The van der Waals surface area contributed by atoms with Crippen molar-refractivity contribution in [3.05, 3.63) is 12.3 Å². The molecule has 0 spiro atoms.